The number of nitrogens with one attached hydrogen (secondary N) is 1. The van der Waals surface area contributed by atoms with Crippen molar-refractivity contribution in [3.8, 4) is 0 Å². The second-order valence-corrected chi connectivity index (χ2v) is 4.81. The van der Waals surface area contributed by atoms with E-state index in [0.29, 0.717) is 0 Å². The van der Waals surface area contributed by atoms with Gasteiger partial charge in [-0.3, -0.25) is 4.79 Å². The summed E-state index contributed by atoms with van der Waals surface area (Å²) in [6.45, 7) is 3.74. The monoisotopic (exact) mass is 247 g/mol. The Morgan fingerprint density at radius 1 is 1.44 bits per heavy atom. The predicted molar refractivity (Wildman–Crippen MR) is 69.0 cm³/mol. The number of nitrogens with zero attached hydrogens (tertiary/aromatic N) is 1. The van der Waals surface area contributed by atoms with Crippen molar-refractivity contribution >= 4 is 17.0 Å². The number of fused-ring (bicyclic) bond motifs is 1. The van der Waals surface area contributed by atoms with Crippen LogP contribution < -0.4 is 5.73 Å². The maximum atomic E-state index is 11.3. The van der Waals surface area contributed by atoms with Gasteiger partial charge >= 0.3 is 5.97 Å². The van der Waals surface area contributed by atoms with Crippen LogP contribution in [-0.2, 0) is 4.79 Å². The summed E-state index contributed by atoms with van der Waals surface area (Å²) in [7, 11) is 0. The smallest absolute Gasteiger partial charge is 0.308 e. The minimum atomic E-state index is -0.859. The summed E-state index contributed by atoms with van der Waals surface area (Å²) < 4.78 is 0. The molecule has 2 rings (SSSR count). The summed E-state index contributed by atoms with van der Waals surface area (Å²) in [5.41, 5.74) is 8.62. The van der Waals surface area contributed by atoms with Crippen LogP contribution in [0.25, 0.3) is 11.0 Å². The minimum absolute atomic E-state index is 0.0186. The number of imidazole rings is 1. The Morgan fingerprint density at radius 2 is 2.17 bits per heavy atom. The number of aliphatic carboxylic acids is 1. The lowest BCUT2D eigenvalue weighted by molar-refractivity contribution is -0.144. The lowest BCUT2D eigenvalue weighted by Gasteiger charge is -2.23. The van der Waals surface area contributed by atoms with Crippen molar-refractivity contribution in [1.82, 2.24) is 9.97 Å². The maximum Gasteiger partial charge on any atom is 0.308 e. The summed E-state index contributed by atoms with van der Waals surface area (Å²) in [6.07, 6.45) is 1.61. The molecule has 2 unspecified atom stereocenters. The van der Waals surface area contributed by atoms with Crippen LogP contribution in [0.3, 0.4) is 0 Å². The molecule has 1 aromatic heterocycles. The van der Waals surface area contributed by atoms with E-state index in [0.717, 1.165) is 16.6 Å². The molecule has 0 aliphatic carbocycles. The van der Waals surface area contributed by atoms with Gasteiger partial charge in [0.1, 0.15) is 0 Å². The molecule has 5 nitrogen and oxygen atoms in total. The van der Waals surface area contributed by atoms with E-state index in [1.807, 2.05) is 32.0 Å². The van der Waals surface area contributed by atoms with Crippen LogP contribution >= 0.6 is 0 Å². The van der Waals surface area contributed by atoms with Gasteiger partial charge in [0, 0.05) is 6.04 Å². The number of aromatic amines is 1. The summed E-state index contributed by atoms with van der Waals surface area (Å²) in [4.78, 5) is 18.4. The zero-order valence-electron chi connectivity index (χ0n) is 10.4. The quantitative estimate of drug-likeness (QED) is 0.769. The van der Waals surface area contributed by atoms with Crippen LogP contribution in [0, 0.1) is 11.8 Å². The molecule has 0 saturated heterocycles. The van der Waals surface area contributed by atoms with Crippen molar-refractivity contribution in [3.63, 3.8) is 0 Å². The van der Waals surface area contributed by atoms with Gasteiger partial charge in [0.25, 0.3) is 0 Å². The average molecular weight is 247 g/mol. The molecule has 96 valence electrons. The van der Waals surface area contributed by atoms with Crippen LogP contribution in [0.1, 0.15) is 25.5 Å². The molecule has 0 bridgehead atoms. The fourth-order valence-corrected chi connectivity index (χ4v) is 2.22. The standard InChI is InChI=1S/C13H17N3O2/c1-7(2)11(13(17)18)12(14)8-3-4-9-10(5-8)16-6-15-9/h3-7,11-12H,14H2,1-2H3,(H,15,16)(H,17,18). The molecule has 0 aliphatic heterocycles. The molecule has 2 aromatic rings. The van der Waals surface area contributed by atoms with Gasteiger partial charge in [-0.2, -0.15) is 0 Å². The first-order valence-corrected chi connectivity index (χ1v) is 5.92. The molecule has 5 heteroatoms. The van der Waals surface area contributed by atoms with E-state index in [4.69, 9.17) is 5.73 Å². The molecule has 0 fully saturated rings. The van der Waals surface area contributed by atoms with Crippen LogP contribution in [0.5, 0.6) is 0 Å². The number of carboxylic acids is 1. The SMILES string of the molecule is CC(C)C(C(=O)O)C(N)c1ccc2nc[nH]c2c1. The van der Waals surface area contributed by atoms with Crippen molar-refractivity contribution in [1.29, 1.82) is 0 Å². The third-order valence-electron chi connectivity index (χ3n) is 3.22. The van der Waals surface area contributed by atoms with Gasteiger partial charge < -0.3 is 15.8 Å². The largest absolute Gasteiger partial charge is 0.481 e. The maximum absolute atomic E-state index is 11.3. The highest BCUT2D eigenvalue weighted by Crippen LogP contribution is 2.27. The number of carboxylic acid groups (broad SMARTS) is 1. The van der Waals surface area contributed by atoms with Crippen LogP contribution in [0.4, 0.5) is 0 Å². The summed E-state index contributed by atoms with van der Waals surface area (Å²) in [5, 5.41) is 9.25. The Morgan fingerprint density at radius 3 is 2.78 bits per heavy atom. The van der Waals surface area contributed by atoms with Gasteiger partial charge in [-0.05, 0) is 23.6 Å². The lowest BCUT2D eigenvalue weighted by atomic mass is 9.85. The lowest BCUT2D eigenvalue weighted by Crippen LogP contribution is -2.32. The van der Waals surface area contributed by atoms with Gasteiger partial charge in [-0.25, -0.2) is 4.98 Å². The highest BCUT2D eigenvalue weighted by Gasteiger charge is 2.29. The van der Waals surface area contributed by atoms with E-state index in [1.54, 1.807) is 6.33 Å². The number of nitrogens with two attached hydrogens (primary N) is 1. The number of benzene rings is 1. The number of aromatic nitrogens is 2. The Balaban J connectivity index is 2.36. The fraction of sp³-hybridized carbons (Fsp3) is 0.385. The summed E-state index contributed by atoms with van der Waals surface area (Å²) in [6, 6.07) is 5.03. The first-order valence-electron chi connectivity index (χ1n) is 5.92. The van der Waals surface area contributed by atoms with E-state index < -0.39 is 17.9 Å². The van der Waals surface area contributed by atoms with Crippen molar-refractivity contribution < 1.29 is 9.90 Å². The molecule has 0 radical (unpaired) electrons. The molecular weight excluding hydrogens is 230 g/mol. The zero-order valence-corrected chi connectivity index (χ0v) is 10.4. The van der Waals surface area contributed by atoms with Crippen LogP contribution in [0.15, 0.2) is 24.5 Å². The van der Waals surface area contributed by atoms with Gasteiger partial charge in [-0.1, -0.05) is 19.9 Å². The van der Waals surface area contributed by atoms with Crippen molar-refractivity contribution in [2.24, 2.45) is 17.6 Å². The third kappa shape index (κ3) is 2.22. The van der Waals surface area contributed by atoms with Crippen molar-refractivity contribution in [2.75, 3.05) is 0 Å². The molecular formula is C13H17N3O2. The van der Waals surface area contributed by atoms with Gasteiger partial charge in [0.05, 0.1) is 23.3 Å². The van der Waals surface area contributed by atoms with Gasteiger partial charge in [-0.15, -0.1) is 0 Å². The van der Waals surface area contributed by atoms with Crippen molar-refractivity contribution in [3.05, 3.63) is 30.1 Å². The normalized spacial score (nSPS) is 14.9. The van der Waals surface area contributed by atoms with E-state index in [1.165, 1.54) is 0 Å². The minimum Gasteiger partial charge on any atom is -0.481 e. The van der Waals surface area contributed by atoms with Crippen molar-refractivity contribution in [2.45, 2.75) is 19.9 Å². The Hall–Kier alpha value is -1.88. The molecule has 1 heterocycles. The number of hydrogen-bond acceptors (Lipinski definition) is 3. The molecule has 0 amide bonds. The number of carbonyl (C=O) groups is 1. The third-order valence-corrected chi connectivity index (χ3v) is 3.22. The fourth-order valence-electron chi connectivity index (χ4n) is 2.22. The van der Waals surface area contributed by atoms with Gasteiger partial charge in [0.15, 0.2) is 0 Å². The molecule has 0 saturated carbocycles. The summed E-state index contributed by atoms with van der Waals surface area (Å²) >= 11 is 0. The Bertz CT molecular complexity index is 562. The van der Waals surface area contributed by atoms with E-state index in [-0.39, 0.29) is 5.92 Å². The first kappa shape index (κ1) is 12.6. The highest BCUT2D eigenvalue weighted by molar-refractivity contribution is 5.76. The average Bonchev–Trinajstić information content (AvgIpc) is 2.74. The van der Waals surface area contributed by atoms with Crippen LogP contribution in [0.2, 0.25) is 0 Å². The highest BCUT2D eigenvalue weighted by atomic mass is 16.4. The molecule has 2 atom stereocenters. The second-order valence-electron chi connectivity index (χ2n) is 4.81. The number of H-pyrrole nitrogens is 1. The van der Waals surface area contributed by atoms with E-state index in [2.05, 4.69) is 9.97 Å². The molecule has 0 spiro atoms. The van der Waals surface area contributed by atoms with E-state index in [9.17, 15) is 9.90 Å². The van der Waals surface area contributed by atoms with Gasteiger partial charge in [0.2, 0.25) is 0 Å². The molecule has 1 aromatic carbocycles. The Labute approximate surface area is 105 Å². The number of rotatable bonds is 4. The van der Waals surface area contributed by atoms with E-state index >= 15 is 0 Å². The number of hydrogen-bond donors (Lipinski definition) is 3. The topological polar surface area (TPSA) is 92.0 Å². The second kappa shape index (κ2) is 4.78. The zero-order chi connectivity index (χ0) is 13.3. The molecule has 0 aliphatic rings. The summed E-state index contributed by atoms with van der Waals surface area (Å²) in [5.74, 6) is -1.47. The predicted octanol–water partition coefficient (Wildman–Crippen LogP) is 1.92. The molecule has 18 heavy (non-hydrogen) atoms. The molecule has 4 N–H and O–H groups in total. The Kier molecular flexibility index (Phi) is 3.34. The van der Waals surface area contributed by atoms with Crippen LogP contribution in [-0.4, -0.2) is 21.0 Å². The first-order chi connectivity index (χ1) is 8.50.